The molecule has 1 saturated heterocycles. The van der Waals surface area contributed by atoms with Gasteiger partial charge in [-0.1, -0.05) is 6.07 Å². The Morgan fingerprint density at radius 1 is 1.45 bits per heavy atom. The van der Waals surface area contributed by atoms with Crippen molar-refractivity contribution in [3.63, 3.8) is 0 Å². The molecule has 0 spiro atoms. The Kier molecular flexibility index (Phi) is 3.65. The van der Waals surface area contributed by atoms with E-state index in [-0.39, 0.29) is 0 Å². The molecule has 0 saturated carbocycles. The van der Waals surface area contributed by atoms with Crippen LogP contribution in [0, 0.1) is 0 Å². The number of amides is 3. The largest absolute Gasteiger partial charge is 0.391 e. The van der Waals surface area contributed by atoms with Gasteiger partial charge in [0, 0.05) is 12.4 Å². The van der Waals surface area contributed by atoms with Gasteiger partial charge in [-0.15, -0.1) is 0 Å². The summed E-state index contributed by atoms with van der Waals surface area (Å²) < 4.78 is 37.0. The molecule has 0 aromatic carbocycles. The van der Waals surface area contributed by atoms with Crippen molar-refractivity contribution in [2.45, 2.75) is 31.6 Å². The minimum Gasteiger partial charge on any atom is -0.325 e. The standard InChI is InChI=1S/C12H12F3N3O2/c1-7(8-3-2-4-16-6-8)18-10(19)9(17-11(18)20)5-12(13,14)15/h2-4,6-7,9H,5H2,1H3,(H,17,20)/t7-,9?/m0/s1. The molecule has 0 aliphatic carbocycles. The number of imide groups is 1. The lowest BCUT2D eigenvalue weighted by molar-refractivity contribution is -0.149. The van der Waals surface area contributed by atoms with Gasteiger partial charge in [-0.3, -0.25) is 14.7 Å². The molecular weight excluding hydrogens is 275 g/mol. The molecule has 1 aliphatic heterocycles. The highest BCUT2D eigenvalue weighted by molar-refractivity contribution is 6.04. The highest BCUT2D eigenvalue weighted by Gasteiger charge is 2.46. The Bertz CT molecular complexity index is 518. The van der Waals surface area contributed by atoms with E-state index in [1.165, 1.54) is 12.4 Å². The highest BCUT2D eigenvalue weighted by atomic mass is 19.4. The van der Waals surface area contributed by atoms with Crippen LogP contribution in [0.4, 0.5) is 18.0 Å². The van der Waals surface area contributed by atoms with Crippen molar-refractivity contribution in [1.29, 1.82) is 0 Å². The van der Waals surface area contributed by atoms with Crippen LogP contribution in [0.2, 0.25) is 0 Å². The fourth-order valence-corrected chi connectivity index (χ4v) is 2.06. The lowest BCUT2D eigenvalue weighted by Gasteiger charge is -2.21. The van der Waals surface area contributed by atoms with Crippen molar-refractivity contribution >= 4 is 11.9 Å². The molecule has 2 heterocycles. The minimum atomic E-state index is -4.51. The van der Waals surface area contributed by atoms with E-state index in [0.29, 0.717) is 5.56 Å². The van der Waals surface area contributed by atoms with Crippen molar-refractivity contribution in [3.8, 4) is 0 Å². The van der Waals surface area contributed by atoms with E-state index in [1.54, 1.807) is 19.1 Å². The van der Waals surface area contributed by atoms with Crippen LogP contribution in [0.1, 0.15) is 24.9 Å². The number of carbonyl (C=O) groups excluding carboxylic acids is 2. The van der Waals surface area contributed by atoms with Crippen LogP contribution in [0.3, 0.4) is 0 Å². The molecule has 2 atom stereocenters. The maximum Gasteiger partial charge on any atom is 0.391 e. The van der Waals surface area contributed by atoms with Gasteiger partial charge in [0.15, 0.2) is 0 Å². The van der Waals surface area contributed by atoms with Gasteiger partial charge in [0.25, 0.3) is 5.91 Å². The maximum absolute atomic E-state index is 12.3. The van der Waals surface area contributed by atoms with E-state index in [1.807, 2.05) is 0 Å². The van der Waals surface area contributed by atoms with E-state index in [0.717, 1.165) is 4.90 Å². The second-order valence-corrected chi connectivity index (χ2v) is 4.49. The Morgan fingerprint density at radius 3 is 2.70 bits per heavy atom. The zero-order valence-electron chi connectivity index (χ0n) is 10.5. The van der Waals surface area contributed by atoms with Crippen LogP contribution in [0.25, 0.3) is 0 Å². The lowest BCUT2D eigenvalue weighted by Crippen LogP contribution is -2.35. The quantitative estimate of drug-likeness (QED) is 0.865. The normalized spacial score (nSPS) is 21.0. The fraction of sp³-hybridized carbons (Fsp3) is 0.417. The third kappa shape index (κ3) is 2.89. The van der Waals surface area contributed by atoms with Gasteiger partial charge < -0.3 is 5.32 Å². The lowest BCUT2D eigenvalue weighted by atomic mass is 10.1. The number of halogens is 3. The molecular formula is C12H12F3N3O2. The van der Waals surface area contributed by atoms with E-state index >= 15 is 0 Å². The molecule has 1 aliphatic rings. The van der Waals surface area contributed by atoms with Crippen LogP contribution < -0.4 is 5.32 Å². The fourth-order valence-electron chi connectivity index (χ4n) is 2.06. The predicted octanol–water partition coefficient (Wildman–Crippen LogP) is 2.02. The number of hydrogen-bond donors (Lipinski definition) is 1. The molecule has 1 aromatic rings. The topological polar surface area (TPSA) is 62.3 Å². The summed E-state index contributed by atoms with van der Waals surface area (Å²) in [5.41, 5.74) is 0.573. The third-order valence-corrected chi connectivity index (χ3v) is 3.04. The van der Waals surface area contributed by atoms with Gasteiger partial charge in [-0.2, -0.15) is 13.2 Å². The molecule has 1 fully saturated rings. The van der Waals surface area contributed by atoms with Crippen LogP contribution in [0.15, 0.2) is 24.5 Å². The average Bonchev–Trinajstić information content (AvgIpc) is 2.63. The molecule has 108 valence electrons. The van der Waals surface area contributed by atoms with E-state index < -0.39 is 36.6 Å². The van der Waals surface area contributed by atoms with E-state index in [4.69, 9.17) is 0 Å². The summed E-state index contributed by atoms with van der Waals surface area (Å²) in [5.74, 6) is -0.872. The average molecular weight is 287 g/mol. The van der Waals surface area contributed by atoms with Crippen molar-refractivity contribution < 1.29 is 22.8 Å². The van der Waals surface area contributed by atoms with Crippen molar-refractivity contribution in [3.05, 3.63) is 30.1 Å². The minimum absolute atomic E-state index is 0.573. The first-order chi connectivity index (χ1) is 9.29. The number of hydrogen-bond acceptors (Lipinski definition) is 3. The first-order valence-corrected chi connectivity index (χ1v) is 5.90. The maximum atomic E-state index is 12.3. The van der Waals surface area contributed by atoms with Crippen molar-refractivity contribution in [1.82, 2.24) is 15.2 Å². The number of rotatable bonds is 3. The Morgan fingerprint density at radius 2 is 2.15 bits per heavy atom. The van der Waals surface area contributed by atoms with E-state index in [9.17, 15) is 22.8 Å². The predicted molar refractivity (Wildman–Crippen MR) is 62.5 cm³/mol. The summed E-state index contributed by atoms with van der Waals surface area (Å²) in [6, 6.07) is 0.226. The Labute approximate surface area is 112 Å². The molecule has 0 radical (unpaired) electrons. The second-order valence-electron chi connectivity index (χ2n) is 4.49. The molecule has 1 N–H and O–H groups in total. The summed E-state index contributed by atoms with van der Waals surface area (Å²) >= 11 is 0. The zero-order chi connectivity index (χ0) is 14.9. The van der Waals surface area contributed by atoms with Crippen LogP contribution in [0.5, 0.6) is 0 Å². The zero-order valence-corrected chi connectivity index (χ0v) is 10.5. The number of pyridine rings is 1. The third-order valence-electron chi connectivity index (χ3n) is 3.04. The Hall–Kier alpha value is -2.12. The number of alkyl halides is 3. The second kappa shape index (κ2) is 5.10. The van der Waals surface area contributed by atoms with Gasteiger partial charge in [0.05, 0.1) is 12.5 Å². The number of nitrogens with zero attached hydrogens (tertiary/aromatic N) is 2. The molecule has 1 aromatic heterocycles. The molecule has 0 bridgehead atoms. The molecule has 2 rings (SSSR count). The number of carbonyl (C=O) groups is 2. The van der Waals surface area contributed by atoms with Crippen LogP contribution in [-0.4, -0.2) is 34.0 Å². The molecule has 20 heavy (non-hydrogen) atoms. The first kappa shape index (κ1) is 14.3. The highest BCUT2D eigenvalue weighted by Crippen LogP contribution is 2.28. The number of aromatic nitrogens is 1. The smallest absolute Gasteiger partial charge is 0.325 e. The monoisotopic (exact) mass is 287 g/mol. The van der Waals surface area contributed by atoms with Crippen LogP contribution >= 0.6 is 0 Å². The summed E-state index contributed by atoms with van der Waals surface area (Å²) in [6.45, 7) is 1.56. The molecule has 1 unspecified atom stereocenters. The Balaban J connectivity index is 2.17. The van der Waals surface area contributed by atoms with Gasteiger partial charge >= 0.3 is 12.2 Å². The molecule has 8 heteroatoms. The van der Waals surface area contributed by atoms with Crippen molar-refractivity contribution in [2.75, 3.05) is 0 Å². The van der Waals surface area contributed by atoms with Gasteiger partial charge in [-0.05, 0) is 18.6 Å². The summed E-state index contributed by atoms with van der Waals surface area (Å²) in [5, 5.41) is 2.06. The van der Waals surface area contributed by atoms with Gasteiger partial charge in [0.1, 0.15) is 6.04 Å². The SMILES string of the molecule is C[C@@H](c1cccnc1)N1C(=O)NC(CC(F)(F)F)C1=O. The molecule has 3 amide bonds. The van der Waals surface area contributed by atoms with E-state index in [2.05, 4.69) is 10.3 Å². The summed E-state index contributed by atoms with van der Waals surface area (Å²) in [4.78, 5) is 28.3. The van der Waals surface area contributed by atoms with Gasteiger partial charge in [0.2, 0.25) is 0 Å². The molecule has 5 nitrogen and oxygen atoms in total. The first-order valence-electron chi connectivity index (χ1n) is 5.90. The number of urea groups is 1. The van der Waals surface area contributed by atoms with Crippen LogP contribution in [-0.2, 0) is 4.79 Å². The van der Waals surface area contributed by atoms with Crippen molar-refractivity contribution in [2.24, 2.45) is 0 Å². The number of nitrogens with one attached hydrogen (secondary N) is 1. The summed E-state index contributed by atoms with van der Waals surface area (Å²) in [6.07, 6.45) is -2.90. The summed E-state index contributed by atoms with van der Waals surface area (Å²) in [7, 11) is 0. The van der Waals surface area contributed by atoms with Gasteiger partial charge in [-0.25, -0.2) is 4.79 Å².